The molecule has 2 rings (SSSR count). The number of hydrogen-bond acceptors (Lipinski definition) is 2. The summed E-state index contributed by atoms with van der Waals surface area (Å²) in [6.45, 7) is 0.567. The summed E-state index contributed by atoms with van der Waals surface area (Å²) in [5.74, 6) is 0.140. The summed E-state index contributed by atoms with van der Waals surface area (Å²) < 4.78 is 12.8. The Hall–Kier alpha value is -1.22. The summed E-state index contributed by atoms with van der Waals surface area (Å²) in [7, 11) is 0. The Bertz CT molecular complexity index is 388. The summed E-state index contributed by atoms with van der Waals surface area (Å²) in [6.07, 6.45) is 4.20. The molecule has 0 aromatic heterocycles. The van der Waals surface area contributed by atoms with Crippen LogP contribution in [0.25, 0.3) is 0 Å². The fourth-order valence-corrected chi connectivity index (χ4v) is 2.66. The predicted molar refractivity (Wildman–Crippen MR) is 65.2 cm³/mol. The third kappa shape index (κ3) is 2.72. The Morgan fingerprint density at radius 3 is 2.53 bits per heavy atom. The van der Waals surface area contributed by atoms with Crippen LogP contribution >= 0.6 is 0 Å². The molecule has 2 N–H and O–H groups in total. The van der Waals surface area contributed by atoms with Crippen LogP contribution in [0.15, 0.2) is 24.3 Å². The summed E-state index contributed by atoms with van der Waals surface area (Å²) in [6, 6.07) is 5.82. The number of nitrogens with two attached hydrogens (primary N) is 1. The molecule has 92 valence electrons. The van der Waals surface area contributed by atoms with E-state index in [1.54, 1.807) is 12.1 Å². The molecule has 0 saturated heterocycles. The highest BCUT2D eigenvalue weighted by atomic mass is 19.1. The van der Waals surface area contributed by atoms with Crippen LogP contribution in [0.5, 0.6) is 0 Å². The van der Waals surface area contributed by atoms with Crippen molar-refractivity contribution in [3.63, 3.8) is 0 Å². The SMILES string of the molecule is NCC1CCCCC1C(=O)c1ccc(F)cc1. The molecule has 0 bridgehead atoms. The molecule has 0 aliphatic heterocycles. The van der Waals surface area contributed by atoms with E-state index in [1.165, 1.54) is 12.1 Å². The average Bonchev–Trinajstić information content (AvgIpc) is 2.39. The van der Waals surface area contributed by atoms with Gasteiger partial charge in [-0.2, -0.15) is 0 Å². The first kappa shape index (κ1) is 12.2. The predicted octanol–water partition coefficient (Wildman–Crippen LogP) is 2.77. The Labute approximate surface area is 101 Å². The molecule has 1 aromatic carbocycles. The fraction of sp³-hybridized carbons (Fsp3) is 0.500. The maximum Gasteiger partial charge on any atom is 0.166 e. The van der Waals surface area contributed by atoms with Gasteiger partial charge in [0.1, 0.15) is 5.82 Å². The van der Waals surface area contributed by atoms with Gasteiger partial charge < -0.3 is 5.73 Å². The number of ketones is 1. The second-order valence-corrected chi connectivity index (χ2v) is 4.76. The smallest absolute Gasteiger partial charge is 0.166 e. The van der Waals surface area contributed by atoms with Crippen molar-refractivity contribution in [1.82, 2.24) is 0 Å². The van der Waals surface area contributed by atoms with Crippen molar-refractivity contribution in [2.45, 2.75) is 25.7 Å². The molecule has 3 heteroatoms. The highest BCUT2D eigenvalue weighted by Crippen LogP contribution is 2.31. The molecule has 0 heterocycles. The van der Waals surface area contributed by atoms with Crippen LogP contribution in [0.3, 0.4) is 0 Å². The summed E-state index contributed by atoms with van der Waals surface area (Å²) >= 11 is 0. The molecule has 0 spiro atoms. The maximum absolute atomic E-state index is 12.8. The Balaban J connectivity index is 2.15. The van der Waals surface area contributed by atoms with Crippen molar-refractivity contribution in [3.05, 3.63) is 35.6 Å². The van der Waals surface area contributed by atoms with Gasteiger partial charge in [-0.3, -0.25) is 4.79 Å². The molecule has 2 nitrogen and oxygen atoms in total. The van der Waals surface area contributed by atoms with Crippen LogP contribution in [-0.4, -0.2) is 12.3 Å². The summed E-state index contributed by atoms with van der Waals surface area (Å²) in [5, 5.41) is 0. The van der Waals surface area contributed by atoms with Crippen LogP contribution < -0.4 is 5.73 Å². The normalized spacial score (nSPS) is 24.6. The van der Waals surface area contributed by atoms with E-state index in [0.717, 1.165) is 25.7 Å². The van der Waals surface area contributed by atoms with E-state index in [9.17, 15) is 9.18 Å². The number of carbonyl (C=O) groups excluding carboxylic acids is 1. The van der Waals surface area contributed by atoms with Gasteiger partial charge in [-0.25, -0.2) is 4.39 Å². The molecule has 17 heavy (non-hydrogen) atoms. The van der Waals surface area contributed by atoms with Gasteiger partial charge in [0.05, 0.1) is 0 Å². The lowest BCUT2D eigenvalue weighted by Gasteiger charge is -2.29. The molecule has 1 fully saturated rings. The van der Waals surface area contributed by atoms with Gasteiger partial charge in [0, 0.05) is 11.5 Å². The quantitative estimate of drug-likeness (QED) is 0.819. The van der Waals surface area contributed by atoms with E-state index in [1.807, 2.05) is 0 Å². The van der Waals surface area contributed by atoms with Gasteiger partial charge in [-0.15, -0.1) is 0 Å². The number of halogens is 1. The first-order valence-corrected chi connectivity index (χ1v) is 6.22. The second kappa shape index (κ2) is 5.41. The fourth-order valence-electron chi connectivity index (χ4n) is 2.66. The third-order valence-electron chi connectivity index (χ3n) is 3.68. The van der Waals surface area contributed by atoms with E-state index in [-0.39, 0.29) is 17.5 Å². The van der Waals surface area contributed by atoms with Crippen molar-refractivity contribution < 1.29 is 9.18 Å². The molecular formula is C14H18FNO. The Morgan fingerprint density at radius 1 is 1.24 bits per heavy atom. The zero-order chi connectivity index (χ0) is 12.3. The van der Waals surface area contributed by atoms with Crippen LogP contribution in [0.1, 0.15) is 36.0 Å². The lowest BCUT2D eigenvalue weighted by Crippen LogP contribution is -2.32. The Morgan fingerprint density at radius 2 is 1.88 bits per heavy atom. The lowest BCUT2D eigenvalue weighted by atomic mass is 9.75. The molecule has 0 amide bonds. The minimum Gasteiger partial charge on any atom is -0.330 e. The van der Waals surface area contributed by atoms with Crippen LogP contribution in [0, 0.1) is 17.7 Å². The second-order valence-electron chi connectivity index (χ2n) is 4.76. The first-order valence-electron chi connectivity index (χ1n) is 6.22. The summed E-state index contributed by atoms with van der Waals surface area (Å²) in [5.41, 5.74) is 6.33. The third-order valence-corrected chi connectivity index (χ3v) is 3.68. The number of Topliss-reactive ketones (excluding diaryl/α,β-unsaturated/α-hetero) is 1. The highest BCUT2D eigenvalue weighted by molar-refractivity contribution is 5.98. The van der Waals surface area contributed by atoms with Gasteiger partial charge in [0.25, 0.3) is 0 Å². The highest BCUT2D eigenvalue weighted by Gasteiger charge is 2.30. The largest absolute Gasteiger partial charge is 0.330 e. The standard InChI is InChI=1S/C14H18FNO/c15-12-7-5-10(6-8-12)14(17)13-4-2-1-3-11(13)9-16/h5-8,11,13H,1-4,9,16H2. The molecule has 0 radical (unpaired) electrons. The van der Waals surface area contributed by atoms with Crippen LogP contribution in [-0.2, 0) is 0 Å². The number of benzene rings is 1. The molecule has 1 aliphatic carbocycles. The van der Waals surface area contributed by atoms with E-state index in [0.29, 0.717) is 18.0 Å². The van der Waals surface area contributed by atoms with Gasteiger partial charge in [-0.05, 0) is 49.6 Å². The molecule has 1 saturated carbocycles. The lowest BCUT2D eigenvalue weighted by molar-refractivity contribution is 0.0829. The first-order chi connectivity index (χ1) is 8.22. The van der Waals surface area contributed by atoms with Crippen LogP contribution in [0.2, 0.25) is 0 Å². The number of carbonyl (C=O) groups is 1. The van der Waals surface area contributed by atoms with E-state index >= 15 is 0 Å². The van der Waals surface area contributed by atoms with E-state index < -0.39 is 0 Å². The van der Waals surface area contributed by atoms with Crippen molar-refractivity contribution in [2.24, 2.45) is 17.6 Å². The Kier molecular flexibility index (Phi) is 3.89. The molecule has 1 aliphatic rings. The number of hydrogen-bond donors (Lipinski definition) is 1. The van der Waals surface area contributed by atoms with Gasteiger partial charge >= 0.3 is 0 Å². The van der Waals surface area contributed by atoms with E-state index in [4.69, 9.17) is 5.73 Å². The average molecular weight is 235 g/mol. The van der Waals surface area contributed by atoms with Crippen molar-refractivity contribution in [1.29, 1.82) is 0 Å². The van der Waals surface area contributed by atoms with Crippen molar-refractivity contribution >= 4 is 5.78 Å². The van der Waals surface area contributed by atoms with Crippen LogP contribution in [0.4, 0.5) is 4.39 Å². The maximum atomic E-state index is 12.8. The topological polar surface area (TPSA) is 43.1 Å². The zero-order valence-electron chi connectivity index (χ0n) is 9.86. The molecular weight excluding hydrogens is 217 g/mol. The molecule has 2 unspecified atom stereocenters. The van der Waals surface area contributed by atoms with Crippen molar-refractivity contribution in [3.8, 4) is 0 Å². The summed E-state index contributed by atoms with van der Waals surface area (Å²) in [4.78, 5) is 12.3. The number of rotatable bonds is 3. The van der Waals surface area contributed by atoms with E-state index in [2.05, 4.69) is 0 Å². The molecule has 1 aromatic rings. The minimum atomic E-state index is -0.305. The van der Waals surface area contributed by atoms with Gasteiger partial charge in [0.15, 0.2) is 5.78 Å². The van der Waals surface area contributed by atoms with Crippen molar-refractivity contribution in [2.75, 3.05) is 6.54 Å². The van der Waals surface area contributed by atoms with Gasteiger partial charge in [-0.1, -0.05) is 12.8 Å². The molecule has 2 atom stereocenters. The zero-order valence-corrected chi connectivity index (χ0v) is 9.86. The van der Waals surface area contributed by atoms with Gasteiger partial charge in [0.2, 0.25) is 0 Å². The monoisotopic (exact) mass is 235 g/mol. The minimum absolute atomic E-state index is 0.0270.